The molecule has 1 heterocycles. The molecule has 40 heavy (non-hydrogen) atoms. The maximum Gasteiger partial charge on any atom is 0.243 e. The number of H-pyrrole nitrogens is 1. The lowest BCUT2D eigenvalue weighted by molar-refractivity contribution is -0.131. The maximum absolute atomic E-state index is 13.7. The minimum absolute atomic E-state index is 0.0699. The standard InChI is InChI=1S/C30H47N5O5/c1-18(2)13-26(37)28(38)27(19(3)21-7-5-4-6-8-21)35-30(40)25(15-22-16-32-17-33-22)34-29(39)24(31)14-20-9-11-23(36)12-10-20/h9-12,16-19,21,24-28,36-38H,4-8,13-15,31H2,1-3H3,(H,32,33)(H,34,39)(H,35,40)/t19?,24?,25-,26-,27-,28-/m0/s1. The van der Waals surface area contributed by atoms with Gasteiger partial charge in [0.2, 0.25) is 11.8 Å². The highest BCUT2D eigenvalue weighted by atomic mass is 16.3. The summed E-state index contributed by atoms with van der Waals surface area (Å²) < 4.78 is 0. The van der Waals surface area contributed by atoms with Crippen molar-refractivity contribution in [2.24, 2.45) is 23.5 Å². The molecule has 1 aromatic carbocycles. The zero-order valence-corrected chi connectivity index (χ0v) is 23.9. The van der Waals surface area contributed by atoms with Gasteiger partial charge in [-0.15, -0.1) is 0 Å². The van der Waals surface area contributed by atoms with E-state index in [1.54, 1.807) is 18.3 Å². The Balaban J connectivity index is 1.77. The summed E-state index contributed by atoms with van der Waals surface area (Å²) in [6.07, 6.45) is 7.21. The Morgan fingerprint density at radius 3 is 2.30 bits per heavy atom. The first-order valence-corrected chi connectivity index (χ1v) is 14.5. The first-order chi connectivity index (χ1) is 19.0. The van der Waals surface area contributed by atoms with Crippen molar-refractivity contribution in [1.29, 1.82) is 0 Å². The maximum atomic E-state index is 13.7. The summed E-state index contributed by atoms with van der Waals surface area (Å²) in [5.74, 6) is -0.418. The molecular weight excluding hydrogens is 510 g/mol. The van der Waals surface area contributed by atoms with E-state index < -0.39 is 42.1 Å². The monoisotopic (exact) mass is 557 g/mol. The van der Waals surface area contributed by atoms with Crippen molar-refractivity contribution in [2.45, 2.75) is 102 Å². The van der Waals surface area contributed by atoms with Gasteiger partial charge in [-0.05, 0) is 48.3 Å². The number of aromatic nitrogens is 2. The van der Waals surface area contributed by atoms with E-state index in [1.165, 1.54) is 24.9 Å². The van der Waals surface area contributed by atoms with Crippen LogP contribution in [0.5, 0.6) is 5.75 Å². The number of aromatic hydroxyl groups is 1. The molecule has 0 bridgehead atoms. The smallest absolute Gasteiger partial charge is 0.243 e. The molecule has 2 unspecified atom stereocenters. The van der Waals surface area contributed by atoms with Crippen molar-refractivity contribution in [3.8, 4) is 5.75 Å². The van der Waals surface area contributed by atoms with Crippen molar-refractivity contribution >= 4 is 11.8 Å². The number of aliphatic hydroxyl groups is 2. The molecule has 10 nitrogen and oxygen atoms in total. The lowest BCUT2D eigenvalue weighted by atomic mass is 9.75. The molecule has 1 aliphatic rings. The van der Waals surface area contributed by atoms with E-state index in [4.69, 9.17) is 5.73 Å². The fraction of sp³-hybridized carbons (Fsp3) is 0.633. The number of amides is 2. The van der Waals surface area contributed by atoms with E-state index in [0.717, 1.165) is 31.2 Å². The second-order valence-corrected chi connectivity index (χ2v) is 11.8. The number of imidazole rings is 1. The van der Waals surface area contributed by atoms with Crippen molar-refractivity contribution in [3.63, 3.8) is 0 Å². The molecule has 222 valence electrons. The second kappa shape index (κ2) is 15.2. The summed E-state index contributed by atoms with van der Waals surface area (Å²) in [7, 11) is 0. The van der Waals surface area contributed by atoms with Gasteiger partial charge in [-0.2, -0.15) is 0 Å². The van der Waals surface area contributed by atoms with Crippen LogP contribution < -0.4 is 16.4 Å². The van der Waals surface area contributed by atoms with Crippen LogP contribution in [0.4, 0.5) is 0 Å². The molecule has 2 aromatic rings. The van der Waals surface area contributed by atoms with Gasteiger partial charge < -0.3 is 36.7 Å². The van der Waals surface area contributed by atoms with Gasteiger partial charge in [0.15, 0.2) is 0 Å². The SMILES string of the molecule is CC(C)C[C@H](O)[C@H](O)[C@@H](NC(=O)[C@H](Cc1c[nH]cn1)NC(=O)C(N)Cc1ccc(O)cc1)C(C)C1CCCCC1. The first-order valence-electron chi connectivity index (χ1n) is 14.5. The summed E-state index contributed by atoms with van der Waals surface area (Å²) in [5.41, 5.74) is 7.55. The molecule has 10 heteroatoms. The van der Waals surface area contributed by atoms with Crippen LogP contribution in [0.3, 0.4) is 0 Å². The van der Waals surface area contributed by atoms with Crippen LogP contribution in [0, 0.1) is 17.8 Å². The molecule has 2 amide bonds. The van der Waals surface area contributed by atoms with Crippen LogP contribution in [0.1, 0.15) is 70.6 Å². The molecule has 3 rings (SSSR count). The topological polar surface area (TPSA) is 174 Å². The van der Waals surface area contributed by atoms with Gasteiger partial charge in [-0.1, -0.05) is 65.0 Å². The molecule has 6 atom stereocenters. The minimum atomic E-state index is -1.15. The van der Waals surface area contributed by atoms with Gasteiger partial charge in [0.05, 0.1) is 30.2 Å². The number of rotatable bonds is 14. The van der Waals surface area contributed by atoms with Gasteiger partial charge in [-0.25, -0.2) is 4.98 Å². The van der Waals surface area contributed by atoms with Crippen LogP contribution in [-0.2, 0) is 22.4 Å². The molecule has 0 saturated heterocycles. The largest absolute Gasteiger partial charge is 0.508 e. The number of hydrogen-bond donors (Lipinski definition) is 7. The lowest BCUT2D eigenvalue weighted by Gasteiger charge is -2.38. The summed E-state index contributed by atoms with van der Waals surface area (Å²) in [6.45, 7) is 5.98. The molecule has 1 saturated carbocycles. The Bertz CT molecular complexity index is 1040. The van der Waals surface area contributed by atoms with E-state index in [2.05, 4.69) is 20.6 Å². The highest BCUT2D eigenvalue weighted by molar-refractivity contribution is 5.90. The Kier molecular flexibility index (Phi) is 12.0. The second-order valence-electron chi connectivity index (χ2n) is 11.8. The van der Waals surface area contributed by atoms with E-state index >= 15 is 0 Å². The predicted molar refractivity (Wildman–Crippen MR) is 153 cm³/mol. The molecule has 0 aliphatic heterocycles. The van der Waals surface area contributed by atoms with Gasteiger partial charge in [0, 0.05) is 12.6 Å². The summed E-state index contributed by atoms with van der Waals surface area (Å²) in [6, 6.07) is 3.84. The van der Waals surface area contributed by atoms with Crippen LogP contribution >= 0.6 is 0 Å². The van der Waals surface area contributed by atoms with Gasteiger partial charge >= 0.3 is 0 Å². The third-order valence-corrected chi connectivity index (χ3v) is 8.07. The van der Waals surface area contributed by atoms with Crippen molar-refractivity contribution in [3.05, 3.63) is 48.0 Å². The Morgan fingerprint density at radius 1 is 1.02 bits per heavy atom. The number of benzene rings is 1. The number of phenolic OH excluding ortho intramolecular Hbond substituents is 1. The average molecular weight is 558 g/mol. The number of hydrogen-bond acceptors (Lipinski definition) is 7. The quantitative estimate of drug-likeness (QED) is 0.186. The number of nitrogens with zero attached hydrogens (tertiary/aromatic N) is 1. The van der Waals surface area contributed by atoms with Crippen LogP contribution in [0.25, 0.3) is 0 Å². The fourth-order valence-electron chi connectivity index (χ4n) is 5.69. The van der Waals surface area contributed by atoms with E-state index in [0.29, 0.717) is 18.0 Å². The zero-order valence-electron chi connectivity index (χ0n) is 23.9. The molecule has 1 aliphatic carbocycles. The summed E-state index contributed by atoms with van der Waals surface area (Å²) in [4.78, 5) is 33.9. The van der Waals surface area contributed by atoms with E-state index in [1.807, 2.05) is 20.8 Å². The van der Waals surface area contributed by atoms with Crippen molar-refractivity contribution in [1.82, 2.24) is 20.6 Å². The molecule has 1 fully saturated rings. The predicted octanol–water partition coefficient (Wildman–Crippen LogP) is 2.18. The molecule has 1 aromatic heterocycles. The summed E-state index contributed by atoms with van der Waals surface area (Å²) >= 11 is 0. The number of aliphatic hydroxyl groups excluding tert-OH is 2. The normalized spacial score (nSPS) is 18.9. The molecular formula is C30H47N5O5. The Hall–Kier alpha value is -2.95. The Morgan fingerprint density at radius 2 is 1.70 bits per heavy atom. The highest BCUT2D eigenvalue weighted by Crippen LogP contribution is 2.33. The summed E-state index contributed by atoms with van der Waals surface area (Å²) in [5, 5.41) is 37.4. The number of carbonyl (C=O) groups excluding carboxylic acids is 2. The number of nitrogens with two attached hydrogens (primary N) is 1. The number of aromatic amines is 1. The van der Waals surface area contributed by atoms with E-state index in [-0.39, 0.29) is 30.4 Å². The average Bonchev–Trinajstić information content (AvgIpc) is 3.45. The van der Waals surface area contributed by atoms with Crippen molar-refractivity contribution in [2.75, 3.05) is 0 Å². The minimum Gasteiger partial charge on any atom is -0.508 e. The van der Waals surface area contributed by atoms with Crippen LogP contribution in [0.15, 0.2) is 36.8 Å². The Labute approximate surface area is 237 Å². The van der Waals surface area contributed by atoms with Gasteiger partial charge in [0.1, 0.15) is 17.9 Å². The van der Waals surface area contributed by atoms with Gasteiger partial charge in [0.25, 0.3) is 0 Å². The van der Waals surface area contributed by atoms with Crippen LogP contribution in [0.2, 0.25) is 0 Å². The van der Waals surface area contributed by atoms with Crippen molar-refractivity contribution < 1.29 is 24.9 Å². The van der Waals surface area contributed by atoms with Crippen LogP contribution in [-0.4, -0.2) is 67.4 Å². The van der Waals surface area contributed by atoms with E-state index in [9.17, 15) is 24.9 Å². The number of nitrogens with one attached hydrogen (secondary N) is 3. The molecule has 8 N–H and O–H groups in total. The first kappa shape index (κ1) is 31.6. The third kappa shape index (κ3) is 9.31. The zero-order chi connectivity index (χ0) is 29.2. The number of phenols is 1. The fourth-order valence-corrected chi connectivity index (χ4v) is 5.69. The molecule has 0 spiro atoms. The third-order valence-electron chi connectivity index (χ3n) is 8.07. The highest BCUT2D eigenvalue weighted by Gasteiger charge is 2.38. The molecule has 0 radical (unpaired) electrons. The van der Waals surface area contributed by atoms with Gasteiger partial charge in [-0.3, -0.25) is 9.59 Å². The lowest BCUT2D eigenvalue weighted by Crippen LogP contribution is -2.59. The number of carbonyl (C=O) groups is 2.